The zero-order valence-corrected chi connectivity index (χ0v) is 23.1. The smallest absolute Gasteiger partial charge is 0.338 e. The highest BCUT2D eigenvalue weighted by atomic mass is 16.6. The van der Waals surface area contributed by atoms with Gasteiger partial charge in [-0.1, -0.05) is 37.4 Å². The predicted molar refractivity (Wildman–Crippen MR) is 149 cm³/mol. The van der Waals surface area contributed by atoms with Crippen LogP contribution in [0.2, 0.25) is 0 Å². The van der Waals surface area contributed by atoms with E-state index in [-0.39, 0.29) is 25.4 Å². The molecule has 40 heavy (non-hydrogen) atoms. The minimum atomic E-state index is -0.421. The Hall–Kier alpha value is -4.20. The van der Waals surface area contributed by atoms with Crippen molar-refractivity contribution in [2.75, 3.05) is 13.2 Å². The average molecular weight is 549 g/mol. The van der Waals surface area contributed by atoms with Gasteiger partial charge in [-0.05, 0) is 74.9 Å². The summed E-state index contributed by atoms with van der Waals surface area (Å²) in [4.78, 5) is 48.1. The summed E-state index contributed by atoms with van der Waals surface area (Å²) in [6, 6.07) is 14.0. The van der Waals surface area contributed by atoms with E-state index in [1.165, 1.54) is 0 Å². The molecule has 1 aliphatic rings. The zero-order chi connectivity index (χ0) is 29.1. The molecule has 0 aliphatic heterocycles. The van der Waals surface area contributed by atoms with Gasteiger partial charge in [-0.25, -0.2) is 19.2 Å². The summed E-state index contributed by atoms with van der Waals surface area (Å²) >= 11 is 0. The van der Waals surface area contributed by atoms with E-state index >= 15 is 0 Å². The van der Waals surface area contributed by atoms with Crippen LogP contribution in [0.5, 0.6) is 0 Å². The van der Waals surface area contributed by atoms with Crippen LogP contribution in [0.4, 0.5) is 0 Å². The number of carbonyl (C=O) groups excluding carboxylic acids is 4. The van der Waals surface area contributed by atoms with Crippen LogP contribution in [0, 0.1) is 0 Å². The van der Waals surface area contributed by atoms with Gasteiger partial charge in [0.2, 0.25) is 0 Å². The third-order valence-corrected chi connectivity index (χ3v) is 6.49. The fourth-order valence-electron chi connectivity index (χ4n) is 4.09. The van der Waals surface area contributed by atoms with Crippen molar-refractivity contribution >= 4 is 23.9 Å². The Morgan fingerprint density at radius 3 is 1.25 bits per heavy atom. The summed E-state index contributed by atoms with van der Waals surface area (Å²) in [6.07, 6.45) is 3.04. The summed E-state index contributed by atoms with van der Waals surface area (Å²) < 4.78 is 21.5. The Balaban J connectivity index is 1.37. The number of carbonyl (C=O) groups is 4. The van der Waals surface area contributed by atoms with Gasteiger partial charge >= 0.3 is 23.9 Å². The van der Waals surface area contributed by atoms with Crippen LogP contribution < -0.4 is 0 Å². The lowest BCUT2D eigenvalue weighted by Crippen LogP contribution is -2.29. The van der Waals surface area contributed by atoms with Crippen molar-refractivity contribution in [1.82, 2.24) is 0 Å². The minimum absolute atomic E-state index is 0.234. The zero-order valence-electron chi connectivity index (χ0n) is 23.1. The van der Waals surface area contributed by atoms with Crippen molar-refractivity contribution in [3.8, 4) is 0 Å². The van der Waals surface area contributed by atoms with Gasteiger partial charge in [0.1, 0.15) is 12.2 Å². The van der Waals surface area contributed by atoms with Crippen LogP contribution in [0.15, 0.2) is 72.8 Å². The summed E-state index contributed by atoms with van der Waals surface area (Å²) in [7, 11) is 0. The monoisotopic (exact) mass is 548 g/mol. The maximum absolute atomic E-state index is 12.6. The summed E-state index contributed by atoms with van der Waals surface area (Å²) in [5.74, 6) is -1.63. The summed E-state index contributed by atoms with van der Waals surface area (Å²) in [5, 5.41) is 0. The molecule has 2 aromatic rings. The van der Waals surface area contributed by atoms with Crippen LogP contribution in [-0.4, -0.2) is 49.3 Å². The first-order valence-corrected chi connectivity index (χ1v) is 13.4. The predicted octanol–water partition coefficient (Wildman–Crippen LogP) is 5.34. The van der Waals surface area contributed by atoms with Gasteiger partial charge in [0.05, 0.1) is 24.3 Å². The van der Waals surface area contributed by atoms with Crippen LogP contribution in [0.3, 0.4) is 0 Å². The van der Waals surface area contributed by atoms with Crippen molar-refractivity contribution < 1.29 is 38.1 Å². The molecular formula is C32H36O8. The van der Waals surface area contributed by atoms with Crippen molar-refractivity contribution in [1.29, 1.82) is 0 Å². The molecule has 0 heterocycles. The Labute approximate surface area is 235 Å². The van der Waals surface area contributed by atoms with E-state index in [2.05, 4.69) is 13.2 Å². The Kier molecular flexibility index (Phi) is 11.2. The average Bonchev–Trinajstić information content (AvgIpc) is 2.94. The molecule has 0 amide bonds. The van der Waals surface area contributed by atoms with E-state index in [9.17, 15) is 19.2 Å². The van der Waals surface area contributed by atoms with Gasteiger partial charge in [0.15, 0.2) is 0 Å². The van der Waals surface area contributed by atoms with E-state index < -0.39 is 23.9 Å². The molecule has 0 N–H and O–H groups in total. The van der Waals surface area contributed by atoms with Crippen LogP contribution in [0.1, 0.15) is 71.4 Å². The van der Waals surface area contributed by atoms with E-state index in [0.29, 0.717) is 60.8 Å². The fourth-order valence-corrected chi connectivity index (χ4v) is 4.09. The molecule has 3 rings (SSSR count). The molecule has 2 aromatic carbocycles. The molecule has 212 valence electrons. The highest BCUT2D eigenvalue weighted by molar-refractivity contribution is 5.90. The van der Waals surface area contributed by atoms with Crippen LogP contribution in [-0.2, 0) is 41.4 Å². The molecule has 1 fully saturated rings. The number of benzene rings is 2. The Bertz CT molecular complexity index is 1120. The van der Waals surface area contributed by atoms with Gasteiger partial charge in [-0.3, -0.25) is 0 Å². The van der Waals surface area contributed by atoms with E-state index in [1.807, 2.05) is 24.3 Å². The number of esters is 4. The Morgan fingerprint density at radius 1 is 0.625 bits per heavy atom. The molecule has 0 spiro atoms. The topological polar surface area (TPSA) is 105 Å². The Morgan fingerprint density at radius 2 is 0.950 bits per heavy atom. The van der Waals surface area contributed by atoms with Gasteiger partial charge in [-0.15, -0.1) is 0 Å². The fraction of sp³-hybridized carbons (Fsp3) is 0.375. The van der Waals surface area contributed by atoms with E-state index in [0.717, 1.165) is 11.1 Å². The number of hydrogen-bond acceptors (Lipinski definition) is 8. The first-order valence-electron chi connectivity index (χ1n) is 13.4. The normalized spacial score (nSPS) is 16.4. The highest BCUT2D eigenvalue weighted by Gasteiger charge is 2.27. The highest BCUT2D eigenvalue weighted by Crippen LogP contribution is 2.25. The molecule has 8 nitrogen and oxygen atoms in total. The molecule has 1 aliphatic carbocycles. The molecule has 1 saturated carbocycles. The lowest BCUT2D eigenvalue weighted by molar-refractivity contribution is -0.139. The lowest BCUT2D eigenvalue weighted by atomic mass is 9.94. The third-order valence-electron chi connectivity index (χ3n) is 6.49. The largest absolute Gasteiger partial charge is 0.462 e. The van der Waals surface area contributed by atoms with Gasteiger partial charge < -0.3 is 18.9 Å². The van der Waals surface area contributed by atoms with Gasteiger partial charge in [-0.2, -0.15) is 0 Å². The van der Waals surface area contributed by atoms with Crippen molar-refractivity contribution in [3.05, 3.63) is 95.1 Å². The quantitative estimate of drug-likeness (QED) is 0.199. The first kappa shape index (κ1) is 30.3. The second-order valence-corrected chi connectivity index (χ2v) is 9.94. The van der Waals surface area contributed by atoms with Crippen LogP contribution in [0.25, 0.3) is 0 Å². The minimum Gasteiger partial charge on any atom is -0.462 e. The number of rotatable bonds is 12. The summed E-state index contributed by atoms with van der Waals surface area (Å²) in [6.45, 7) is 10.8. The SMILES string of the molecule is C=C(C)C(=O)OCCc1ccc(C(=O)OC2CCC(OC(=O)c3ccc(CCOC(=O)C(=C)C)cc3)CC2)cc1. The maximum Gasteiger partial charge on any atom is 0.338 e. The maximum atomic E-state index is 12.6. The molecule has 0 aromatic heterocycles. The number of hydrogen-bond donors (Lipinski definition) is 0. The van der Waals surface area contributed by atoms with Crippen molar-refractivity contribution in [2.24, 2.45) is 0 Å². The third kappa shape index (κ3) is 9.52. The molecular weight excluding hydrogens is 512 g/mol. The number of ether oxygens (including phenoxy) is 4. The van der Waals surface area contributed by atoms with Crippen LogP contribution >= 0.6 is 0 Å². The van der Waals surface area contributed by atoms with Gasteiger partial charge in [0, 0.05) is 24.0 Å². The summed E-state index contributed by atoms with van der Waals surface area (Å²) in [5.41, 5.74) is 3.49. The molecule has 0 atom stereocenters. The second-order valence-electron chi connectivity index (χ2n) is 9.94. The molecule has 0 unspecified atom stereocenters. The standard InChI is InChI=1S/C32H36O8/c1-21(2)29(33)37-19-17-23-5-9-25(10-6-23)31(35)39-27-13-15-28(16-14-27)40-32(36)26-11-7-24(8-12-26)18-20-38-30(34)22(3)4/h5-12,27-28H,1,3,13-20H2,2,4H3. The van der Waals surface area contributed by atoms with E-state index in [4.69, 9.17) is 18.9 Å². The molecule has 0 bridgehead atoms. The molecule has 0 radical (unpaired) electrons. The molecule has 8 heteroatoms. The second kappa shape index (κ2) is 14.8. The van der Waals surface area contributed by atoms with Gasteiger partial charge in [0.25, 0.3) is 0 Å². The van der Waals surface area contributed by atoms with Crippen molar-refractivity contribution in [3.63, 3.8) is 0 Å². The molecule has 0 saturated heterocycles. The van der Waals surface area contributed by atoms with E-state index in [1.54, 1.807) is 38.1 Å². The van der Waals surface area contributed by atoms with Crippen molar-refractivity contribution in [2.45, 2.75) is 64.6 Å². The first-order chi connectivity index (χ1) is 19.1. The lowest BCUT2D eigenvalue weighted by Gasteiger charge is -2.28.